The predicted octanol–water partition coefficient (Wildman–Crippen LogP) is 2.48. The summed E-state index contributed by atoms with van der Waals surface area (Å²) < 4.78 is 5.39. The van der Waals surface area contributed by atoms with Crippen LogP contribution in [-0.2, 0) is 16.1 Å². The number of nitrogens with two attached hydrogens (primary N) is 1. The van der Waals surface area contributed by atoms with Crippen molar-refractivity contribution in [2.75, 3.05) is 26.7 Å². The molecule has 1 aromatic carbocycles. The summed E-state index contributed by atoms with van der Waals surface area (Å²) in [7, 11) is 1.81. The van der Waals surface area contributed by atoms with Crippen molar-refractivity contribution < 1.29 is 14.3 Å². The largest absolute Gasteiger partial charge is 0.445 e. The highest BCUT2D eigenvalue weighted by Gasteiger charge is 2.27. The molecule has 0 saturated carbocycles. The Labute approximate surface area is 156 Å². The van der Waals surface area contributed by atoms with Crippen molar-refractivity contribution in [1.82, 2.24) is 9.80 Å². The van der Waals surface area contributed by atoms with Crippen molar-refractivity contribution in [2.24, 2.45) is 17.6 Å². The van der Waals surface area contributed by atoms with Crippen molar-refractivity contribution >= 4 is 12.0 Å². The second kappa shape index (κ2) is 9.57. The molecule has 0 spiro atoms. The van der Waals surface area contributed by atoms with Gasteiger partial charge >= 0.3 is 6.09 Å². The van der Waals surface area contributed by atoms with E-state index >= 15 is 0 Å². The first-order valence-electron chi connectivity index (χ1n) is 9.34. The minimum absolute atomic E-state index is 0.00954. The van der Waals surface area contributed by atoms with Crippen LogP contribution in [0.2, 0.25) is 0 Å². The summed E-state index contributed by atoms with van der Waals surface area (Å²) in [5.74, 6) is 0.511. The lowest BCUT2D eigenvalue weighted by Crippen LogP contribution is -2.47. The SMILES string of the molecule is CC(C)[C@H](N)C(=O)N(C)CC1CCN(C(=O)OCc2ccccc2)CC1. The third kappa shape index (κ3) is 5.73. The fourth-order valence-electron chi connectivity index (χ4n) is 3.13. The highest BCUT2D eigenvalue weighted by atomic mass is 16.6. The third-order valence-corrected chi connectivity index (χ3v) is 4.99. The maximum atomic E-state index is 12.3. The van der Waals surface area contributed by atoms with Crippen LogP contribution in [0.3, 0.4) is 0 Å². The summed E-state index contributed by atoms with van der Waals surface area (Å²) in [4.78, 5) is 27.9. The van der Waals surface area contributed by atoms with E-state index in [9.17, 15) is 9.59 Å². The highest BCUT2D eigenvalue weighted by Crippen LogP contribution is 2.19. The maximum absolute atomic E-state index is 12.3. The number of likely N-dealkylation sites (tertiary alicyclic amines) is 1. The zero-order chi connectivity index (χ0) is 19.1. The van der Waals surface area contributed by atoms with Crippen molar-refractivity contribution in [3.63, 3.8) is 0 Å². The lowest BCUT2D eigenvalue weighted by Gasteiger charge is -2.34. The quantitative estimate of drug-likeness (QED) is 0.844. The number of carbonyl (C=O) groups excluding carboxylic acids is 2. The molecule has 0 radical (unpaired) electrons. The van der Waals surface area contributed by atoms with E-state index in [0.717, 1.165) is 18.4 Å². The average molecular weight is 361 g/mol. The van der Waals surface area contributed by atoms with E-state index in [4.69, 9.17) is 10.5 Å². The van der Waals surface area contributed by atoms with E-state index in [-0.39, 0.29) is 17.9 Å². The van der Waals surface area contributed by atoms with Crippen LogP contribution < -0.4 is 5.73 Å². The molecule has 1 heterocycles. The second-order valence-electron chi connectivity index (χ2n) is 7.46. The van der Waals surface area contributed by atoms with E-state index in [1.165, 1.54) is 0 Å². The number of ether oxygens (including phenoxy) is 1. The van der Waals surface area contributed by atoms with Gasteiger partial charge < -0.3 is 20.3 Å². The van der Waals surface area contributed by atoms with Crippen molar-refractivity contribution in [2.45, 2.75) is 39.3 Å². The molecular formula is C20H31N3O3. The standard InChI is InChI=1S/C20H31N3O3/c1-15(2)18(21)19(24)22(3)13-16-9-11-23(12-10-16)20(25)26-14-17-7-5-4-6-8-17/h4-8,15-16,18H,9-14,21H2,1-3H3/t18-/m0/s1. The summed E-state index contributed by atoms with van der Waals surface area (Å²) >= 11 is 0. The molecule has 6 heteroatoms. The van der Waals surface area contributed by atoms with Crippen molar-refractivity contribution in [3.8, 4) is 0 Å². The van der Waals surface area contributed by atoms with Crippen LogP contribution in [0, 0.1) is 11.8 Å². The van der Waals surface area contributed by atoms with Crippen molar-refractivity contribution in [3.05, 3.63) is 35.9 Å². The van der Waals surface area contributed by atoms with Gasteiger partial charge in [-0.2, -0.15) is 0 Å². The number of hydrogen-bond donors (Lipinski definition) is 1. The van der Waals surface area contributed by atoms with Crippen LogP contribution in [0.25, 0.3) is 0 Å². The minimum atomic E-state index is -0.451. The Balaban J connectivity index is 1.72. The molecule has 1 aliphatic rings. The smallest absolute Gasteiger partial charge is 0.410 e. The van der Waals surface area contributed by atoms with Crippen LogP contribution >= 0.6 is 0 Å². The number of carbonyl (C=O) groups is 2. The van der Waals surface area contributed by atoms with E-state index in [1.54, 1.807) is 9.80 Å². The zero-order valence-electron chi connectivity index (χ0n) is 16.1. The Hall–Kier alpha value is -2.08. The topological polar surface area (TPSA) is 75.9 Å². The number of amides is 2. The fourth-order valence-corrected chi connectivity index (χ4v) is 3.13. The van der Waals surface area contributed by atoms with Gasteiger partial charge in [-0.3, -0.25) is 4.79 Å². The van der Waals surface area contributed by atoms with Gasteiger partial charge in [0, 0.05) is 26.7 Å². The molecule has 1 aromatic rings. The minimum Gasteiger partial charge on any atom is -0.445 e. The van der Waals surface area contributed by atoms with E-state index in [1.807, 2.05) is 51.2 Å². The molecule has 2 amide bonds. The normalized spacial score (nSPS) is 16.4. The molecule has 2 rings (SSSR count). The molecule has 6 nitrogen and oxygen atoms in total. The molecule has 0 unspecified atom stereocenters. The lowest BCUT2D eigenvalue weighted by atomic mass is 9.96. The zero-order valence-corrected chi connectivity index (χ0v) is 16.1. The van der Waals surface area contributed by atoms with Crippen LogP contribution in [0.5, 0.6) is 0 Å². The summed E-state index contributed by atoms with van der Waals surface area (Å²) in [6, 6.07) is 9.22. The first kappa shape index (κ1) is 20.2. The summed E-state index contributed by atoms with van der Waals surface area (Å²) in [5.41, 5.74) is 6.93. The second-order valence-corrected chi connectivity index (χ2v) is 7.46. The molecule has 1 atom stereocenters. The van der Waals surface area contributed by atoms with Gasteiger partial charge in [-0.05, 0) is 30.2 Å². The van der Waals surface area contributed by atoms with Gasteiger partial charge in [0.2, 0.25) is 5.91 Å². The summed E-state index contributed by atoms with van der Waals surface area (Å²) in [5, 5.41) is 0. The van der Waals surface area contributed by atoms with Gasteiger partial charge in [0.15, 0.2) is 0 Å². The van der Waals surface area contributed by atoms with Gasteiger partial charge in [-0.15, -0.1) is 0 Å². The van der Waals surface area contributed by atoms with E-state index in [2.05, 4.69) is 0 Å². The Morgan fingerprint density at radius 3 is 2.42 bits per heavy atom. The molecule has 144 valence electrons. The van der Waals surface area contributed by atoms with Crippen LogP contribution in [0.4, 0.5) is 4.79 Å². The number of likely N-dealkylation sites (N-methyl/N-ethyl adjacent to an activating group) is 1. The number of nitrogens with zero attached hydrogens (tertiary/aromatic N) is 2. The van der Waals surface area contributed by atoms with E-state index < -0.39 is 6.04 Å². The van der Waals surface area contributed by atoms with Gasteiger partial charge in [-0.25, -0.2) is 4.79 Å². The third-order valence-electron chi connectivity index (χ3n) is 4.99. The molecule has 0 bridgehead atoms. The average Bonchev–Trinajstić information content (AvgIpc) is 2.66. The molecule has 2 N–H and O–H groups in total. The van der Waals surface area contributed by atoms with Crippen LogP contribution in [0.1, 0.15) is 32.3 Å². The molecular weight excluding hydrogens is 330 g/mol. The summed E-state index contributed by atoms with van der Waals surface area (Å²) in [6.07, 6.45) is 1.47. The number of rotatable bonds is 6. The number of piperidine rings is 1. The van der Waals surface area contributed by atoms with Crippen LogP contribution in [-0.4, -0.2) is 54.5 Å². The Bertz CT molecular complexity index is 583. The Morgan fingerprint density at radius 2 is 1.85 bits per heavy atom. The first-order valence-corrected chi connectivity index (χ1v) is 9.34. The van der Waals surface area contributed by atoms with Gasteiger partial charge in [0.25, 0.3) is 0 Å². The number of benzene rings is 1. The molecule has 0 aliphatic carbocycles. The molecule has 1 saturated heterocycles. The molecule has 0 aromatic heterocycles. The fraction of sp³-hybridized carbons (Fsp3) is 0.600. The lowest BCUT2D eigenvalue weighted by molar-refractivity contribution is -0.133. The van der Waals surface area contributed by atoms with Gasteiger partial charge in [0.05, 0.1) is 6.04 Å². The highest BCUT2D eigenvalue weighted by molar-refractivity contribution is 5.81. The van der Waals surface area contributed by atoms with Crippen molar-refractivity contribution in [1.29, 1.82) is 0 Å². The van der Waals surface area contributed by atoms with Gasteiger partial charge in [-0.1, -0.05) is 44.2 Å². The number of hydrogen-bond acceptors (Lipinski definition) is 4. The molecule has 1 aliphatic heterocycles. The molecule has 1 fully saturated rings. The Morgan fingerprint density at radius 1 is 1.23 bits per heavy atom. The van der Waals surface area contributed by atoms with Crippen LogP contribution in [0.15, 0.2) is 30.3 Å². The summed E-state index contributed by atoms with van der Waals surface area (Å²) in [6.45, 7) is 6.22. The first-order chi connectivity index (χ1) is 12.4. The molecule has 26 heavy (non-hydrogen) atoms. The van der Waals surface area contributed by atoms with E-state index in [0.29, 0.717) is 32.2 Å². The maximum Gasteiger partial charge on any atom is 0.410 e. The van der Waals surface area contributed by atoms with Gasteiger partial charge in [0.1, 0.15) is 6.61 Å². The Kier molecular flexibility index (Phi) is 7.45. The predicted molar refractivity (Wildman–Crippen MR) is 101 cm³/mol. The monoisotopic (exact) mass is 361 g/mol.